The van der Waals surface area contributed by atoms with Crippen molar-refractivity contribution in [1.29, 1.82) is 0 Å². The van der Waals surface area contributed by atoms with E-state index in [1.807, 2.05) is 0 Å². The zero-order chi connectivity index (χ0) is 30.1. The van der Waals surface area contributed by atoms with Gasteiger partial charge in [0.1, 0.15) is 35.7 Å². The summed E-state index contributed by atoms with van der Waals surface area (Å²) >= 11 is 1.01. The maximum absolute atomic E-state index is 15.8. The number of aromatic amines is 1. The number of hydrogen-bond donors (Lipinski definition) is 3. The maximum atomic E-state index is 15.8. The number of H-pyrrole nitrogens is 1. The number of ether oxygens (including phenoxy) is 2. The number of nitrogens with zero attached hydrogens (tertiary/aromatic N) is 6. The predicted molar refractivity (Wildman–Crippen MR) is 138 cm³/mol. The van der Waals surface area contributed by atoms with Gasteiger partial charge < -0.3 is 39.0 Å². The van der Waals surface area contributed by atoms with Gasteiger partial charge in [-0.15, -0.1) is 0 Å². The van der Waals surface area contributed by atoms with Gasteiger partial charge in [0, 0.05) is 6.42 Å². The predicted octanol–water partition coefficient (Wildman–Crippen LogP) is 0.253. The lowest BCUT2D eigenvalue weighted by Gasteiger charge is -2.31. The zero-order valence-corrected chi connectivity index (χ0v) is 24.0. The minimum absolute atomic E-state index is 0.0571. The Bertz CT molecular complexity index is 1860. The fourth-order valence-electron chi connectivity index (χ4n) is 5.10. The number of nitrogen functional groups attached to an aromatic ring is 1. The van der Waals surface area contributed by atoms with E-state index in [9.17, 15) is 23.7 Å². The average molecular weight is 661 g/mol. The third kappa shape index (κ3) is 5.29. The van der Waals surface area contributed by atoms with Crippen LogP contribution >= 0.6 is 27.2 Å². The fraction of sp³-hybridized carbons (Fsp3) is 0.500. The Morgan fingerprint density at radius 1 is 1.07 bits per heavy atom. The standard InChI is InChI=1S/C20H21FN8O11P2S/c21-11-15-10(38-20(11)29-6-27-14-18(29)25-5-26-19(14)30)3-36-41(31,32)39-7-1-8(37-9(7)2-35-42(33,34)40-15)16-12-13(28-43-16)17(22)24-4-23-12/h4-11,15,20H,1-3H2,(H,31,32)(H,33,34)(H2,22,23,24)(H,25,26,30)/p-1/t7-,8+,9+,10+,11+,15+,20+/m0/s1. The molecule has 4 aromatic rings. The molecular weight excluding hydrogens is 641 g/mol. The zero-order valence-electron chi connectivity index (χ0n) is 21.4. The van der Waals surface area contributed by atoms with Crippen molar-refractivity contribution in [1.82, 2.24) is 33.9 Å². The molecular formula is C20H20FN8O11P2S-. The van der Waals surface area contributed by atoms with Crippen LogP contribution in [0.3, 0.4) is 0 Å². The Hall–Kier alpha value is -2.81. The number of rotatable bonds is 2. The molecule has 230 valence electrons. The van der Waals surface area contributed by atoms with E-state index in [4.69, 9.17) is 33.3 Å². The van der Waals surface area contributed by atoms with Gasteiger partial charge in [0.05, 0.1) is 43.0 Å². The van der Waals surface area contributed by atoms with Crippen molar-refractivity contribution in [2.45, 2.75) is 49.3 Å². The second kappa shape index (κ2) is 10.7. The summed E-state index contributed by atoms with van der Waals surface area (Å²) < 4.78 is 79.1. The van der Waals surface area contributed by atoms with Gasteiger partial charge in [-0.25, -0.2) is 28.9 Å². The highest BCUT2D eigenvalue weighted by molar-refractivity contribution is 7.47. The quantitative estimate of drug-likeness (QED) is 0.243. The summed E-state index contributed by atoms with van der Waals surface area (Å²) in [5, 5.41) is 0. The Morgan fingerprint density at radius 2 is 1.88 bits per heavy atom. The molecule has 0 aromatic carbocycles. The second-order valence-electron chi connectivity index (χ2n) is 9.69. The molecule has 3 saturated heterocycles. The molecule has 3 fully saturated rings. The van der Waals surface area contributed by atoms with Crippen LogP contribution in [0.25, 0.3) is 22.2 Å². The monoisotopic (exact) mass is 661 g/mol. The normalized spacial score (nSPS) is 37.1. The van der Waals surface area contributed by atoms with Crippen LogP contribution in [-0.2, 0) is 36.7 Å². The Labute approximate surface area is 242 Å². The van der Waals surface area contributed by atoms with Gasteiger partial charge in [-0.05, 0) is 11.5 Å². The first-order valence-electron chi connectivity index (χ1n) is 12.5. The summed E-state index contributed by atoms with van der Waals surface area (Å²) in [6, 6.07) is 0. The molecule has 0 radical (unpaired) electrons. The number of fused-ring (bicyclic) bond motifs is 4. The number of halogens is 1. The Balaban J connectivity index is 1.15. The Morgan fingerprint density at radius 3 is 2.72 bits per heavy atom. The number of imidazole rings is 1. The molecule has 43 heavy (non-hydrogen) atoms. The second-order valence-corrected chi connectivity index (χ2v) is 13.3. The van der Waals surface area contributed by atoms with Crippen LogP contribution in [0.4, 0.5) is 10.2 Å². The van der Waals surface area contributed by atoms with E-state index in [-0.39, 0.29) is 23.4 Å². The molecule has 7 rings (SSSR count). The summed E-state index contributed by atoms with van der Waals surface area (Å²) in [5.41, 5.74) is 5.79. The maximum Gasteiger partial charge on any atom is 0.472 e. The van der Waals surface area contributed by atoms with Crippen LogP contribution in [0.5, 0.6) is 0 Å². The summed E-state index contributed by atoms with van der Waals surface area (Å²) in [6.45, 7) is -1.54. The van der Waals surface area contributed by atoms with Crippen LogP contribution in [0.2, 0.25) is 0 Å². The number of phosphoric ester groups is 2. The molecule has 7 heterocycles. The molecule has 3 aliphatic rings. The molecule has 0 bridgehead atoms. The highest BCUT2D eigenvalue weighted by Crippen LogP contribution is 2.53. The van der Waals surface area contributed by atoms with E-state index in [0.29, 0.717) is 15.9 Å². The van der Waals surface area contributed by atoms with Crippen molar-refractivity contribution in [2.24, 2.45) is 0 Å². The highest BCUT2D eigenvalue weighted by atomic mass is 32.1. The molecule has 9 atom stereocenters. The number of nitrogens with one attached hydrogen (secondary N) is 1. The molecule has 0 amide bonds. The van der Waals surface area contributed by atoms with Gasteiger partial charge in [-0.2, -0.15) is 4.37 Å². The van der Waals surface area contributed by atoms with Crippen molar-refractivity contribution < 1.29 is 50.9 Å². The summed E-state index contributed by atoms with van der Waals surface area (Å²) in [5.74, 6) is 0.139. The average Bonchev–Trinajstić information content (AvgIpc) is 3.72. The lowest BCUT2D eigenvalue weighted by molar-refractivity contribution is -0.234. The van der Waals surface area contributed by atoms with E-state index in [0.717, 1.165) is 28.8 Å². The van der Waals surface area contributed by atoms with Gasteiger partial charge in [0.25, 0.3) is 13.4 Å². The van der Waals surface area contributed by atoms with Crippen molar-refractivity contribution >= 4 is 55.2 Å². The largest absolute Gasteiger partial charge is 0.756 e. The van der Waals surface area contributed by atoms with Gasteiger partial charge in [0.15, 0.2) is 29.4 Å². The topological polar surface area (TPSA) is 261 Å². The molecule has 0 aliphatic carbocycles. The van der Waals surface area contributed by atoms with Gasteiger partial charge in [0.2, 0.25) is 0 Å². The molecule has 2 unspecified atom stereocenters. The number of anilines is 1. The molecule has 4 aromatic heterocycles. The first-order chi connectivity index (χ1) is 20.5. The van der Waals surface area contributed by atoms with Crippen molar-refractivity contribution in [2.75, 3.05) is 18.9 Å². The van der Waals surface area contributed by atoms with Gasteiger partial charge >= 0.3 is 7.82 Å². The Kier molecular flexibility index (Phi) is 7.18. The van der Waals surface area contributed by atoms with Gasteiger partial charge in [-0.3, -0.25) is 23.0 Å². The van der Waals surface area contributed by atoms with E-state index in [1.54, 1.807) is 0 Å². The van der Waals surface area contributed by atoms with E-state index in [1.165, 1.54) is 6.33 Å². The lowest BCUT2D eigenvalue weighted by atomic mass is 10.1. The number of alkyl halides is 1. The van der Waals surface area contributed by atoms with Crippen LogP contribution in [-0.4, -0.2) is 82.6 Å². The minimum Gasteiger partial charge on any atom is -0.756 e. The van der Waals surface area contributed by atoms with E-state index < -0.39 is 77.3 Å². The van der Waals surface area contributed by atoms with Crippen LogP contribution in [0.15, 0.2) is 23.8 Å². The summed E-state index contributed by atoms with van der Waals surface area (Å²) in [7, 11) is -10.1. The van der Waals surface area contributed by atoms with Crippen molar-refractivity contribution in [3.05, 3.63) is 34.2 Å². The molecule has 3 aliphatic heterocycles. The number of phosphoric acid groups is 2. The van der Waals surface area contributed by atoms with Gasteiger partial charge in [-0.1, -0.05) is 0 Å². The van der Waals surface area contributed by atoms with E-state index in [2.05, 4.69) is 29.3 Å². The van der Waals surface area contributed by atoms with Crippen LogP contribution < -0.4 is 16.2 Å². The van der Waals surface area contributed by atoms with E-state index >= 15 is 4.39 Å². The first-order valence-corrected chi connectivity index (χ1v) is 16.2. The van der Waals surface area contributed by atoms with Crippen LogP contribution in [0, 0.1) is 0 Å². The summed E-state index contributed by atoms with van der Waals surface area (Å²) in [4.78, 5) is 54.2. The molecule has 4 N–H and O–H groups in total. The fourth-order valence-corrected chi connectivity index (χ4v) is 7.87. The number of nitrogens with two attached hydrogens (primary N) is 1. The third-order valence-corrected chi connectivity index (χ3v) is 9.94. The molecule has 23 heteroatoms. The first kappa shape index (κ1) is 28.9. The lowest BCUT2D eigenvalue weighted by Crippen LogP contribution is -2.36. The highest BCUT2D eigenvalue weighted by Gasteiger charge is 2.52. The smallest absolute Gasteiger partial charge is 0.472 e. The van der Waals surface area contributed by atoms with Crippen molar-refractivity contribution in [3.63, 3.8) is 0 Å². The van der Waals surface area contributed by atoms with Crippen molar-refractivity contribution in [3.8, 4) is 0 Å². The number of hydrogen-bond acceptors (Lipinski definition) is 17. The third-order valence-electron chi connectivity index (χ3n) is 7.04. The van der Waals surface area contributed by atoms with Crippen LogP contribution in [0.1, 0.15) is 23.6 Å². The molecule has 0 saturated carbocycles. The molecule has 0 spiro atoms. The minimum atomic E-state index is -5.10. The number of aromatic nitrogens is 7. The summed E-state index contributed by atoms with van der Waals surface area (Å²) in [6.07, 6.45) is -7.11. The SMILES string of the molecule is Nc1ncnc2c([C@H]3C[C@@H]4OP(=O)([O-])OC[C@H]5O[C@@H](n6cnc7c(=O)[nH]cnc76)[C@H](F)[C@@H]5OP(=O)(O)OC[C@H]4O3)snc12. The molecule has 19 nitrogen and oxygen atoms in total.